The van der Waals surface area contributed by atoms with Crippen LogP contribution in [0.15, 0.2) is 54.6 Å². The first-order valence-corrected chi connectivity index (χ1v) is 9.65. The number of aliphatic hydroxyl groups excluding tert-OH is 1. The van der Waals surface area contributed by atoms with Crippen molar-refractivity contribution in [2.24, 2.45) is 0 Å². The van der Waals surface area contributed by atoms with Gasteiger partial charge in [0.2, 0.25) is 5.91 Å². The number of nitrogens with one attached hydrogen (secondary N) is 2. The molecule has 0 spiro atoms. The van der Waals surface area contributed by atoms with Gasteiger partial charge in [-0.15, -0.1) is 0 Å². The number of benzene rings is 2. The van der Waals surface area contributed by atoms with Gasteiger partial charge in [-0.1, -0.05) is 42.5 Å². The van der Waals surface area contributed by atoms with Gasteiger partial charge in [0, 0.05) is 13.1 Å². The van der Waals surface area contributed by atoms with E-state index in [0.29, 0.717) is 26.1 Å². The van der Waals surface area contributed by atoms with Crippen molar-refractivity contribution < 1.29 is 14.6 Å². The van der Waals surface area contributed by atoms with E-state index in [1.165, 1.54) is 5.56 Å². The molecule has 1 fully saturated rings. The summed E-state index contributed by atoms with van der Waals surface area (Å²) in [7, 11) is 0. The third-order valence-electron chi connectivity index (χ3n) is 4.76. The number of hydrogen-bond donors (Lipinski definition) is 3. The Balaban J connectivity index is 1.36. The molecule has 0 radical (unpaired) electrons. The highest BCUT2D eigenvalue weighted by Gasteiger charge is 2.27. The second-order valence-corrected chi connectivity index (χ2v) is 6.98. The van der Waals surface area contributed by atoms with Gasteiger partial charge in [0.25, 0.3) is 0 Å². The first-order chi connectivity index (χ1) is 13.2. The molecule has 1 aliphatic heterocycles. The fourth-order valence-electron chi connectivity index (χ4n) is 3.27. The molecule has 2 aromatic rings. The number of aryl methyl sites for hydroxylation is 1. The normalized spacial score (nSPS) is 19.0. The molecule has 5 nitrogen and oxygen atoms in total. The summed E-state index contributed by atoms with van der Waals surface area (Å²) < 4.78 is 5.86. The minimum Gasteiger partial charge on any atom is -0.494 e. The van der Waals surface area contributed by atoms with Crippen molar-refractivity contribution in [1.82, 2.24) is 10.6 Å². The molecule has 0 saturated carbocycles. The van der Waals surface area contributed by atoms with Crippen molar-refractivity contribution in [3.63, 3.8) is 0 Å². The van der Waals surface area contributed by atoms with E-state index in [2.05, 4.69) is 34.9 Å². The third-order valence-corrected chi connectivity index (χ3v) is 4.76. The van der Waals surface area contributed by atoms with Crippen LogP contribution in [0.2, 0.25) is 0 Å². The van der Waals surface area contributed by atoms with Crippen LogP contribution >= 0.6 is 0 Å². The van der Waals surface area contributed by atoms with Gasteiger partial charge in [-0.05, 0) is 48.9 Å². The molecule has 0 aromatic heterocycles. The highest BCUT2D eigenvalue weighted by Crippen LogP contribution is 2.14. The monoisotopic (exact) mass is 368 g/mol. The van der Waals surface area contributed by atoms with Crippen molar-refractivity contribution in [3.05, 3.63) is 65.7 Å². The number of amides is 1. The van der Waals surface area contributed by atoms with Gasteiger partial charge in [0.05, 0.1) is 18.8 Å². The second-order valence-electron chi connectivity index (χ2n) is 6.98. The summed E-state index contributed by atoms with van der Waals surface area (Å²) in [5.74, 6) is 0.826. The largest absolute Gasteiger partial charge is 0.494 e. The topological polar surface area (TPSA) is 70.6 Å². The van der Waals surface area contributed by atoms with Crippen LogP contribution in [0.1, 0.15) is 24.0 Å². The maximum absolute atomic E-state index is 12.0. The Morgan fingerprint density at radius 2 is 1.93 bits per heavy atom. The van der Waals surface area contributed by atoms with Gasteiger partial charge in [-0.25, -0.2) is 0 Å². The molecule has 1 aliphatic rings. The van der Waals surface area contributed by atoms with E-state index in [1.807, 2.05) is 30.3 Å². The Bertz CT molecular complexity index is 721. The molecule has 3 N–H and O–H groups in total. The molecule has 3 rings (SSSR count). The Kier molecular flexibility index (Phi) is 7.25. The minimum absolute atomic E-state index is 0.0418. The number of carbonyl (C=O) groups is 1. The van der Waals surface area contributed by atoms with E-state index >= 15 is 0 Å². The molecule has 27 heavy (non-hydrogen) atoms. The van der Waals surface area contributed by atoms with Gasteiger partial charge in [0.1, 0.15) is 5.75 Å². The molecular formula is C22H28N2O3. The van der Waals surface area contributed by atoms with Crippen LogP contribution in [0.5, 0.6) is 5.75 Å². The van der Waals surface area contributed by atoms with Gasteiger partial charge < -0.3 is 20.5 Å². The lowest BCUT2D eigenvalue weighted by Gasteiger charge is -2.12. The van der Waals surface area contributed by atoms with E-state index in [9.17, 15) is 9.90 Å². The van der Waals surface area contributed by atoms with Crippen LogP contribution in [0, 0.1) is 0 Å². The zero-order chi connectivity index (χ0) is 18.9. The summed E-state index contributed by atoms with van der Waals surface area (Å²) in [5.41, 5.74) is 2.46. The van der Waals surface area contributed by atoms with Crippen molar-refractivity contribution in [2.45, 2.75) is 37.8 Å². The Hall–Kier alpha value is -2.37. The zero-order valence-corrected chi connectivity index (χ0v) is 15.6. The van der Waals surface area contributed by atoms with Gasteiger partial charge in [-0.3, -0.25) is 4.79 Å². The van der Waals surface area contributed by atoms with Crippen LogP contribution in [-0.2, 0) is 17.6 Å². The first kappa shape index (κ1) is 19.4. The lowest BCUT2D eigenvalue weighted by molar-refractivity contribution is -0.122. The fourth-order valence-corrected chi connectivity index (χ4v) is 3.27. The maximum atomic E-state index is 12.0. The summed E-state index contributed by atoms with van der Waals surface area (Å²) in [6, 6.07) is 18.2. The average Bonchev–Trinajstić information content (AvgIpc) is 3.13. The SMILES string of the molecule is O=C(NCCc1cccc(OCCCc2ccccc2)c1)C1CC(O)CN1. The second kappa shape index (κ2) is 10.1. The standard InChI is InChI=1S/C22H28N2O3/c25-19-15-21(24-16-19)22(26)23-12-11-18-8-4-10-20(14-18)27-13-5-9-17-6-2-1-3-7-17/h1-4,6-8,10,14,19,21,24-25H,5,9,11-13,15-16H2,(H,23,26). The molecule has 0 aliphatic carbocycles. The Morgan fingerprint density at radius 3 is 2.70 bits per heavy atom. The average molecular weight is 368 g/mol. The van der Waals surface area contributed by atoms with E-state index < -0.39 is 6.10 Å². The molecule has 1 saturated heterocycles. The summed E-state index contributed by atoms with van der Waals surface area (Å²) in [4.78, 5) is 12.0. The summed E-state index contributed by atoms with van der Waals surface area (Å²) in [6.45, 7) is 1.75. The van der Waals surface area contributed by atoms with Crippen LogP contribution in [0.3, 0.4) is 0 Å². The summed E-state index contributed by atoms with van der Waals surface area (Å²) in [6.07, 6.45) is 2.80. The van der Waals surface area contributed by atoms with E-state index in [4.69, 9.17) is 4.74 Å². The van der Waals surface area contributed by atoms with E-state index in [-0.39, 0.29) is 11.9 Å². The summed E-state index contributed by atoms with van der Waals surface area (Å²) >= 11 is 0. The van der Waals surface area contributed by atoms with Gasteiger partial charge in [0.15, 0.2) is 0 Å². The fraction of sp³-hybridized carbons (Fsp3) is 0.409. The lowest BCUT2D eigenvalue weighted by atomic mass is 10.1. The van der Waals surface area contributed by atoms with Crippen LogP contribution < -0.4 is 15.4 Å². The number of ether oxygens (including phenoxy) is 1. The summed E-state index contributed by atoms with van der Waals surface area (Å²) in [5, 5.41) is 15.4. The lowest BCUT2D eigenvalue weighted by Crippen LogP contribution is -2.41. The predicted molar refractivity (Wildman–Crippen MR) is 106 cm³/mol. The highest BCUT2D eigenvalue weighted by molar-refractivity contribution is 5.82. The number of β-amino-alcohol motifs (C(OH)–C–C–N with tert-alkyl or cyclic N) is 1. The minimum atomic E-state index is -0.420. The quantitative estimate of drug-likeness (QED) is 0.593. The van der Waals surface area contributed by atoms with Crippen LogP contribution in [0.25, 0.3) is 0 Å². The molecule has 2 aromatic carbocycles. The molecule has 0 bridgehead atoms. The molecule has 2 unspecified atom stereocenters. The molecular weight excluding hydrogens is 340 g/mol. The number of hydrogen-bond acceptors (Lipinski definition) is 4. The Labute approximate surface area is 160 Å². The zero-order valence-electron chi connectivity index (χ0n) is 15.6. The number of carbonyl (C=O) groups excluding carboxylic acids is 1. The van der Waals surface area contributed by atoms with Crippen molar-refractivity contribution in [2.75, 3.05) is 19.7 Å². The molecule has 5 heteroatoms. The first-order valence-electron chi connectivity index (χ1n) is 9.65. The van der Waals surface area contributed by atoms with Crippen molar-refractivity contribution in [1.29, 1.82) is 0 Å². The van der Waals surface area contributed by atoms with Crippen LogP contribution in [-0.4, -0.2) is 42.9 Å². The molecule has 1 heterocycles. The molecule has 2 atom stereocenters. The van der Waals surface area contributed by atoms with E-state index in [0.717, 1.165) is 30.6 Å². The molecule has 1 amide bonds. The van der Waals surface area contributed by atoms with E-state index in [1.54, 1.807) is 0 Å². The number of rotatable bonds is 9. The third kappa shape index (κ3) is 6.38. The Morgan fingerprint density at radius 1 is 1.11 bits per heavy atom. The predicted octanol–water partition coefficient (Wildman–Crippen LogP) is 2.08. The highest BCUT2D eigenvalue weighted by atomic mass is 16.5. The molecule has 144 valence electrons. The van der Waals surface area contributed by atoms with Crippen molar-refractivity contribution in [3.8, 4) is 5.75 Å². The maximum Gasteiger partial charge on any atom is 0.237 e. The van der Waals surface area contributed by atoms with Crippen LogP contribution in [0.4, 0.5) is 0 Å². The van der Waals surface area contributed by atoms with Gasteiger partial charge >= 0.3 is 0 Å². The smallest absolute Gasteiger partial charge is 0.237 e. The van der Waals surface area contributed by atoms with Gasteiger partial charge in [-0.2, -0.15) is 0 Å². The number of aliphatic hydroxyl groups is 1. The van der Waals surface area contributed by atoms with Crippen molar-refractivity contribution >= 4 is 5.91 Å².